The average molecular weight is 236 g/mol. The van der Waals surface area contributed by atoms with E-state index in [1.54, 1.807) is 14.2 Å². The third kappa shape index (κ3) is 6.27. The first-order valence-electron chi connectivity index (χ1n) is 5.62. The van der Waals surface area contributed by atoms with Gasteiger partial charge in [0.15, 0.2) is 0 Å². The van der Waals surface area contributed by atoms with Crippen LogP contribution in [0.4, 0.5) is 0 Å². The Morgan fingerprint density at radius 2 is 1.20 bits per heavy atom. The molecule has 0 aliphatic carbocycles. The molecule has 0 amide bonds. The van der Waals surface area contributed by atoms with Gasteiger partial charge in [-0.2, -0.15) is 0 Å². The van der Waals surface area contributed by atoms with E-state index in [1.165, 1.54) is 0 Å². The molecule has 0 aromatic heterocycles. The standard InChI is InChI=1S/C10H24O4Si/c1-5-7-9-13-15(11-3,12-4)14-10-8-6-2/h5-10H2,1-4H3. The van der Waals surface area contributed by atoms with E-state index in [0.717, 1.165) is 25.7 Å². The molecule has 0 N–H and O–H groups in total. The van der Waals surface area contributed by atoms with Crippen molar-refractivity contribution in [1.29, 1.82) is 0 Å². The first-order chi connectivity index (χ1) is 7.24. The van der Waals surface area contributed by atoms with Crippen LogP contribution in [0.3, 0.4) is 0 Å². The minimum Gasteiger partial charge on any atom is -0.355 e. The van der Waals surface area contributed by atoms with E-state index in [9.17, 15) is 0 Å². The molecule has 0 aliphatic rings. The lowest BCUT2D eigenvalue weighted by Gasteiger charge is -2.24. The monoisotopic (exact) mass is 236 g/mol. The summed E-state index contributed by atoms with van der Waals surface area (Å²) in [6.45, 7) is 5.50. The van der Waals surface area contributed by atoms with Crippen molar-refractivity contribution in [1.82, 2.24) is 0 Å². The molecule has 0 unspecified atom stereocenters. The maximum Gasteiger partial charge on any atom is 0.679 e. The molecular formula is C10H24O4Si. The molecule has 0 spiro atoms. The minimum absolute atomic E-state index is 0.635. The fourth-order valence-electron chi connectivity index (χ4n) is 1.04. The largest absolute Gasteiger partial charge is 0.679 e. The number of hydrogen-bond acceptors (Lipinski definition) is 4. The predicted molar refractivity (Wildman–Crippen MR) is 61.5 cm³/mol. The summed E-state index contributed by atoms with van der Waals surface area (Å²) in [5.41, 5.74) is 0. The summed E-state index contributed by atoms with van der Waals surface area (Å²) in [7, 11) is 0.336. The summed E-state index contributed by atoms with van der Waals surface area (Å²) in [4.78, 5) is 0. The summed E-state index contributed by atoms with van der Waals surface area (Å²) in [5.74, 6) is 0. The maximum atomic E-state index is 5.59. The van der Waals surface area contributed by atoms with Crippen molar-refractivity contribution in [3.05, 3.63) is 0 Å². The zero-order chi connectivity index (χ0) is 11.6. The maximum absolute atomic E-state index is 5.59. The highest BCUT2D eigenvalue weighted by atomic mass is 28.4. The molecule has 0 saturated heterocycles. The molecule has 0 bridgehead atoms. The van der Waals surface area contributed by atoms with Crippen LogP contribution in [0.25, 0.3) is 0 Å². The van der Waals surface area contributed by atoms with Gasteiger partial charge < -0.3 is 17.7 Å². The lowest BCUT2D eigenvalue weighted by Crippen LogP contribution is -2.47. The van der Waals surface area contributed by atoms with Crippen LogP contribution in [0, 0.1) is 0 Å². The van der Waals surface area contributed by atoms with Crippen LogP contribution in [-0.4, -0.2) is 36.5 Å². The van der Waals surface area contributed by atoms with Crippen LogP contribution in [0.5, 0.6) is 0 Å². The van der Waals surface area contributed by atoms with Gasteiger partial charge in [-0.15, -0.1) is 0 Å². The summed E-state index contributed by atoms with van der Waals surface area (Å²) in [6, 6.07) is 0. The van der Waals surface area contributed by atoms with Crippen molar-refractivity contribution >= 4 is 9.05 Å². The molecule has 0 rings (SSSR count). The van der Waals surface area contributed by atoms with Gasteiger partial charge >= 0.3 is 9.05 Å². The summed E-state index contributed by atoms with van der Waals surface area (Å²) < 4.78 is 21.7. The van der Waals surface area contributed by atoms with Crippen molar-refractivity contribution in [2.24, 2.45) is 0 Å². The van der Waals surface area contributed by atoms with Crippen LogP contribution < -0.4 is 0 Å². The fourth-order valence-corrected chi connectivity index (χ4v) is 2.55. The Kier molecular flexibility index (Phi) is 9.33. The van der Waals surface area contributed by atoms with Crippen molar-refractivity contribution in [3.63, 3.8) is 0 Å². The predicted octanol–water partition coefficient (Wildman–Crippen LogP) is 2.35. The van der Waals surface area contributed by atoms with E-state index >= 15 is 0 Å². The second-order valence-electron chi connectivity index (χ2n) is 3.31. The van der Waals surface area contributed by atoms with E-state index in [0.29, 0.717) is 13.2 Å². The van der Waals surface area contributed by atoms with Crippen LogP contribution in [-0.2, 0) is 17.7 Å². The Hall–Kier alpha value is 0.0569. The third-order valence-electron chi connectivity index (χ3n) is 2.05. The van der Waals surface area contributed by atoms with Gasteiger partial charge in [0.05, 0.1) is 0 Å². The van der Waals surface area contributed by atoms with Crippen LogP contribution in [0.15, 0.2) is 0 Å². The van der Waals surface area contributed by atoms with Crippen molar-refractivity contribution in [3.8, 4) is 0 Å². The van der Waals surface area contributed by atoms with Gasteiger partial charge in [-0.3, -0.25) is 0 Å². The van der Waals surface area contributed by atoms with Gasteiger partial charge in [-0.25, -0.2) is 0 Å². The van der Waals surface area contributed by atoms with E-state index < -0.39 is 9.05 Å². The Morgan fingerprint density at radius 3 is 1.47 bits per heavy atom. The molecule has 0 radical (unpaired) electrons. The smallest absolute Gasteiger partial charge is 0.355 e. The molecule has 5 heteroatoms. The Balaban J connectivity index is 3.93. The molecule has 92 valence electrons. The van der Waals surface area contributed by atoms with Crippen LogP contribution >= 0.6 is 0 Å². The highest BCUT2D eigenvalue weighted by molar-refractivity contribution is 6.53. The fraction of sp³-hybridized carbons (Fsp3) is 1.00. The van der Waals surface area contributed by atoms with Gasteiger partial charge in [0, 0.05) is 27.4 Å². The van der Waals surface area contributed by atoms with Gasteiger partial charge in [0.25, 0.3) is 0 Å². The quantitative estimate of drug-likeness (QED) is 0.431. The lowest BCUT2D eigenvalue weighted by atomic mass is 10.4. The van der Waals surface area contributed by atoms with E-state index in [4.69, 9.17) is 17.7 Å². The minimum atomic E-state index is -2.82. The first kappa shape index (κ1) is 15.1. The molecule has 0 aliphatic heterocycles. The Labute approximate surface area is 94.4 Å². The van der Waals surface area contributed by atoms with Crippen molar-refractivity contribution in [2.45, 2.75) is 39.5 Å². The van der Waals surface area contributed by atoms with Crippen molar-refractivity contribution in [2.75, 3.05) is 27.4 Å². The number of hydrogen-bond donors (Lipinski definition) is 0. The summed E-state index contributed by atoms with van der Waals surface area (Å²) >= 11 is 0. The van der Waals surface area contributed by atoms with E-state index in [-0.39, 0.29) is 0 Å². The molecule has 4 nitrogen and oxygen atoms in total. The SMILES string of the molecule is CCCCO[Si](OC)(OC)OCCCC. The van der Waals surface area contributed by atoms with Gasteiger partial charge in [-0.1, -0.05) is 26.7 Å². The molecule has 0 aromatic rings. The lowest BCUT2D eigenvalue weighted by molar-refractivity contribution is -0.0101. The highest BCUT2D eigenvalue weighted by Gasteiger charge is 2.43. The van der Waals surface area contributed by atoms with Gasteiger partial charge in [0.1, 0.15) is 0 Å². The van der Waals surface area contributed by atoms with Gasteiger partial charge in [0.2, 0.25) is 0 Å². The van der Waals surface area contributed by atoms with E-state index in [1.807, 2.05) is 0 Å². The molecular weight excluding hydrogens is 212 g/mol. The first-order valence-corrected chi connectivity index (χ1v) is 7.26. The zero-order valence-electron chi connectivity index (χ0n) is 10.4. The molecule has 0 fully saturated rings. The molecule has 0 heterocycles. The third-order valence-corrected chi connectivity index (χ3v) is 4.17. The van der Waals surface area contributed by atoms with Crippen LogP contribution in [0.1, 0.15) is 39.5 Å². The topological polar surface area (TPSA) is 36.9 Å². The molecule has 0 aromatic carbocycles. The van der Waals surface area contributed by atoms with Crippen LogP contribution in [0.2, 0.25) is 0 Å². The molecule has 0 saturated carbocycles. The zero-order valence-corrected chi connectivity index (χ0v) is 11.4. The highest BCUT2D eigenvalue weighted by Crippen LogP contribution is 2.11. The van der Waals surface area contributed by atoms with Gasteiger partial charge in [-0.05, 0) is 12.8 Å². The van der Waals surface area contributed by atoms with Crippen molar-refractivity contribution < 1.29 is 17.7 Å². The number of unbranched alkanes of at least 4 members (excludes halogenated alkanes) is 2. The normalized spacial score (nSPS) is 12.0. The average Bonchev–Trinajstić information content (AvgIpc) is 2.28. The molecule has 15 heavy (non-hydrogen) atoms. The second-order valence-corrected chi connectivity index (χ2v) is 5.71. The summed E-state index contributed by atoms with van der Waals surface area (Å²) in [5, 5.41) is 0. The number of rotatable bonds is 10. The van der Waals surface area contributed by atoms with E-state index in [2.05, 4.69) is 13.8 Å². The second kappa shape index (κ2) is 9.29. The molecule has 0 atom stereocenters. The Morgan fingerprint density at radius 1 is 0.800 bits per heavy atom. The summed E-state index contributed by atoms with van der Waals surface area (Å²) in [6.07, 6.45) is 4.18. The Bertz CT molecular complexity index is 127.